The lowest BCUT2D eigenvalue weighted by molar-refractivity contribution is -0.148. The maximum absolute atomic E-state index is 11.6. The fourth-order valence-electron chi connectivity index (χ4n) is 1.97. The van der Waals surface area contributed by atoms with Crippen molar-refractivity contribution in [3.8, 4) is 0 Å². The molecule has 2 rings (SSSR count). The zero-order valence-electron chi connectivity index (χ0n) is 8.95. The summed E-state index contributed by atoms with van der Waals surface area (Å²) in [5.74, 6) is 2.54. The van der Waals surface area contributed by atoms with Crippen molar-refractivity contribution in [1.82, 2.24) is 0 Å². The van der Waals surface area contributed by atoms with Crippen molar-refractivity contribution in [3.63, 3.8) is 0 Å². The number of carbonyl (C=O) groups is 1. The van der Waals surface area contributed by atoms with E-state index < -0.39 is 0 Å². The van der Waals surface area contributed by atoms with E-state index in [2.05, 4.69) is 0 Å². The minimum atomic E-state index is 0.000207. The van der Waals surface area contributed by atoms with E-state index in [9.17, 15) is 4.79 Å². The number of ether oxygens (including phenoxy) is 1. The average molecular weight is 244 g/mol. The van der Waals surface area contributed by atoms with E-state index in [1.54, 1.807) is 0 Å². The van der Waals surface area contributed by atoms with Crippen LogP contribution in [0.25, 0.3) is 0 Å². The molecule has 0 spiro atoms. The largest absolute Gasteiger partial charge is 0.466 e. The van der Waals surface area contributed by atoms with E-state index >= 15 is 0 Å². The molecule has 0 fully saturated rings. The molecule has 0 radical (unpaired) electrons. The van der Waals surface area contributed by atoms with Gasteiger partial charge < -0.3 is 4.74 Å². The van der Waals surface area contributed by atoms with E-state index in [0.717, 1.165) is 19.3 Å². The lowest BCUT2D eigenvalue weighted by Crippen LogP contribution is -2.22. The van der Waals surface area contributed by atoms with Crippen molar-refractivity contribution in [1.29, 1.82) is 0 Å². The highest BCUT2D eigenvalue weighted by Gasteiger charge is 2.29. The van der Waals surface area contributed by atoms with Crippen LogP contribution in [0.5, 0.6) is 0 Å². The van der Waals surface area contributed by atoms with Crippen molar-refractivity contribution >= 4 is 29.5 Å². The SMILES string of the molecule is CCOC(=O)[C@@H]1CCC2=C(C1)SCCS2. The Morgan fingerprint density at radius 1 is 1.40 bits per heavy atom. The van der Waals surface area contributed by atoms with Gasteiger partial charge in [-0.25, -0.2) is 0 Å². The highest BCUT2D eigenvalue weighted by Crippen LogP contribution is 2.44. The Labute approximate surface area is 99.2 Å². The van der Waals surface area contributed by atoms with Gasteiger partial charge in [-0.1, -0.05) is 0 Å². The van der Waals surface area contributed by atoms with Crippen LogP contribution in [0.3, 0.4) is 0 Å². The molecule has 1 atom stereocenters. The quantitative estimate of drug-likeness (QED) is 0.697. The molecular formula is C11H16O2S2. The Morgan fingerprint density at radius 2 is 2.13 bits per heavy atom. The topological polar surface area (TPSA) is 26.3 Å². The summed E-state index contributed by atoms with van der Waals surface area (Å²) >= 11 is 3.92. The van der Waals surface area contributed by atoms with Crippen LogP contribution in [0.4, 0.5) is 0 Å². The fourth-order valence-corrected chi connectivity index (χ4v) is 4.57. The van der Waals surface area contributed by atoms with Gasteiger partial charge in [-0.05, 0) is 36.0 Å². The van der Waals surface area contributed by atoms with Gasteiger partial charge in [0.05, 0.1) is 12.5 Å². The molecule has 0 aromatic rings. The summed E-state index contributed by atoms with van der Waals surface area (Å²) in [7, 11) is 0. The average Bonchev–Trinajstić information content (AvgIpc) is 2.29. The molecule has 0 aromatic carbocycles. The highest BCUT2D eigenvalue weighted by molar-refractivity contribution is 8.10. The van der Waals surface area contributed by atoms with Gasteiger partial charge in [-0.3, -0.25) is 4.79 Å². The molecule has 84 valence electrons. The molecular weight excluding hydrogens is 228 g/mol. The van der Waals surface area contributed by atoms with Crippen molar-refractivity contribution in [3.05, 3.63) is 9.81 Å². The van der Waals surface area contributed by atoms with Crippen molar-refractivity contribution in [2.75, 3.05) is 18.1 Å². The Morgan fingerprint density at radius 3 is 2.87 bits per heavy atom. The molecule has 0 N–H and O–H groups in total. The van der Waals surface area contributed by atoms with Gasteiger partial charge in [0.2, 0.25) is 0 Å². The Hall–Kier alpha value is -0.0900. The van der Waals surface area contributed by atoms with Gasteiger partial charge >= 0.3 is 5.97 Å². The number of carbonyl (C=O) groups excluding carboxylic acids is 1. The molecule has 0 saturated heterocycles. The molecule has 0 amide bonds. The van der Waals surface area contributed by atoms with Crippen molar-refractivity contribution in [2.24, 2.45) is 5.92 Å². The van der Waals surface area contributed by atoms with Crippen LogP contribution >= 0.6 is 23.5 Å². The third-order valence-electron chi connectivity index (χ3n) is 2.72. The predicted octanol–water partition coefficient (Wildman–Crippen LogP) is 3.04. The Balaban J connectivity index is 1.98. The molecule has 1 aliphatic carbocycles. The van der Waals surface area contributed by atoms with Gasteiger partial charge in [0.1, 0.15) is 0 Å². The van der Waals surface area contributed by atoms with Crippen LogP contribution in [0.2, 0.25) is 0 Å². The van der Waals surface area contributed by atoms with Crippen LogP contribution in [0.1, 0.15) is 26.2 Å². The van der Waals surface area contributed by atoms with Gasteiger partial charge in [-0.15, -0.1) is 23.5 Å². The summed E-state index contributed by atoms with van der Waals surface area (Å²) < 4.78 is 5.08. The van der Waals surface area contributed by atoms with E-state index in [0.29, 0.717) is 6.61 Å². The Bertz CT molecular complexity index is 286. The second-order valence-corrected chi connectivity index (χ2v) is 6.11. The maximum atomic E-state index is 11.6. The van der Waals surface area contributed by atoms with Crippen LogP contribution in [-0.4, -0.2) is 24.1 Å². The zero-order chi connectivity index (χ0) is 10.7. The van der Waals surface area contributed by atoms with E-state index in [-0.39, 0.29) is 11.9 Å². The first-order valence-corrected chi connectivity index (χ1v) is 7.42. The number of rotatable bonds is 2. The van der Waals surface area contributed by atoms with Crippen LogP contribution < -0.4 is 0 Å². The molecule has 0 unspecified atom stereocenters. The van der Waals surface area contributed by atoms with Crippen LogP contribution in [-0.2, 0) is 9.53 Å². The van der Waals surface area contributed by atoms with E-state index in [4.69, 9.17) is 4.74 Å². The van der Waals surface area contributed by atoms with E-state index in [1.807, 2.05) is 30.4 Å². The molecule has 4 heteroatoms. The highest BCUT2D eigenvalue weighted by atomic mass is 32.2. The number of allylic oxidation sites excluding steroid dienone is 2. The van der Waals surface area contributed by atoms with Crippen molar-refractivity contribution < 1.29 is 9.53 Å². The second-order valence-electron chi connectivity index (χ2n) is 3.74. The smallest absolute Gasteiger partial charge is 0.309 e. The lowest BCUT2D eigenvalue weighted by atomic mass is 9.94. The predicted molar refractivity (Wildman–Crippen MR) is 65.9 cm³/mol. The summed E-state index contributed by atoms with van der Waals surface area (Å²) in [6.07, 6.45) is 2.98. The third-order valence-corrected chi connectivity index (χ3v) is 5.48. The van der Waals surface area contributed by atoms with Crippen molar-refractivity contribution in [2.45, 2.75) is 26.2 Å². The minimum absolute atomic E-state index is 0.000207. The Kier molecular flexibility index (Phi) is 4.03. The molecule has 0 bridgehead atoms. The third kappa shape index (κ3) is 2.72. The van der Waals surface area contributed by atoms with Gasteiger partial charge in [0.15, 0.2) is 0 Å². The molecule has 1 aliphatic heterocycles. The van der Waals surface area contributed by atoms with Crippen LogP contribution in [0.15, 0.2) is 9.81 Å². The van der Waals surface area contributed by atoms with Gasteiger partial charge in [0, 0.05) is 11.5 Å². The molecule has 2 nitrogen and oxygen atoms in total. The first-order valence-electron chi connectivity index (χ1n) is 5.45. The zero-order valence-corrected chi connectivity index (χ0v) is 10.6. The van der Waals surface area contributed by atoms with E-state index in [1.165, 1.54) is 21.3 Å². The lowest BCUT2D eigenvalue weighted by Gasteiger charge is -2.28. The molecule has 0 aromatic heterocycles. The molecule has 0 saturated carbocycles. The van der Waals surface area contributed by atoms with Crippen LogP contribution in [0, 0.1) is 5.92 Å². The molecule has 1 heterocycles. The summed E-state index contributed by atoms with van der Waals surface area (Å²) in [4.78, 5) is 14.6. The number of thioether (sulfide) groups is 2. The first kappa shape index (κ1) is 11.4. The summed E-state index contributed by atoms with van der Waals surface area (Å²) in [5.41, 5.74) is 0. The minimum Gasteiger partial charge on any atom is -0.466 e. The number of hydrogen-bond acceptors (Lipinski definition) is 4. The summed E-state index contributed by atoms with van der Waals surface area (Å²) in [5, 5.41) is 0. The molecule has 2 aliphatic rings. The molecule has 15 heavy (non-hydrogen) atoms. The first-order chi connectivity index (χ1) is 7.31. The fraction of sp³-hybridized carbons (Fsp3) is 0.727. The number of esters is 1. The summed E-state index contributed by atoms with van der Waals surface area (Å²) in [6.45, 7) is 2.37. The summed E-state index contributed by atoms with van der Waals surface area (Å²) in [6, 6.07) is 0. The maximum Gasteiger partial charge on any atom is 0.309 e. The monoisotopic (exact) mass is 244 g/mol. The normalized spacial score (nSPS) is 26.1. The second kappa shape index (κ2) is 5.30. The standard InChI is InChI=1S/C11H16O2S2/c1-2-13-11(12)8-3-4-9-10(7-8)15-6-5-14-9/h8H,2-7H2,1H3/t8-/m1/s1. The van der Waals surface area contributed by atoms with Gasteiger partial charge in [-0.2, -0.15) is 0 Å². The number of hydrogen-bond donors (Lipinski definition) is 0. The van der Waals surface area contributed by atoms with Gasteiger partial charge in [0.25, 0.3) is 0 Å².